The van der Waals surface area contributed by atoms with E-state index in [2.05, 4.69) is 31.5 Å². The van der Waals surface area contributed by atoms with E-state index in [1.54, 1.807) is 7.05 Å². The third kappa shape index (κ3) is 6.52. The van der Waals surface area contributed by atoms with E-state index in [0.29, 0.717) is 18.8 Å². The molecule has 1 amide bonds. The highest BCUT2D eigenvalue weighted by molar-refractivity contribution is 6.33. The van der Waals surface area contributed by atoms with Crippen LogP contribution in [-0.4, -0.2) is 63.1 Å². The molecule has 3 rings (SSSR count). The number of aliphatic imine (C=N–C) groups is 1. The third-order valence-electron chi connectivity index (χ3n) is 5.08. The summed E-state index contributed by atoms with van der Waals surface area (Å²) in [6.45, 7) is 6.60. The van der Waals surface area contributed by atoms with E-state index in [9.17, 15) is 4.79 Å². The van der Waals surface area contributed by atoms with Crippen LogP contribution < -0.4 is 20.3 Å². The summed E-state index contributed by atoms with van der Waals surface area (Å²) < 4.78 is 5.58. The number of halogens is 1. The van der Waals surface area contributed by atoms with Gasteiger partial charge in [-0.3, -0.25) is 9.79 Å². The van der Waals surface area contributed by atoms with Gasteiger partial charge in [0.25, 0.3) is 5.91 Å². The number of rotatable bonds is 7. The molecule has 0 bridgehead atoms. The van der Waals surface area contributed by atoms with Crippen molar-refractivity contribution in [3.63, 3.8) is 0 Å². The van der Waals surface area contributed by atoms with E-state index in [0.717, 1.165) is 48.4 Å². The number of anilines is 1. The highest BCUT2D eigenvalue weighted by Crippen LogP contribution is 2.26. The molecule has 0 aliphatic carbocycles. The van der Waals surface area contributed by atoms with Crippen molar-refractivity contribution >= 4 is 29.2 Å². The molecule has 1 saturated heterocycles. The van der Waals surface area contributed by atoms with Crippen molar-refractivity contribution in [1.29, 1.82) is 0 Å². The molecule has 0 radical (unpaired) electrons. The molecule has 166 valence electrons. The van der Waals surface area contributed by atoms with Crippen molar-refractivity contribution in [2.45, 2.75) is 13.5 Å². The maximum Gasteiger partial charge on any atom is 0.257 e. The summed E-state index contributed by atoms with van der Waals surface area (Å²) in [5.41, 5.74) is 2.14. The lowest BCUT2D eigenvalue weighted by Crippen LogP contribution is -2.52. The number of piperazine rings is 1. The molecule has 2 aromatic rings. The number of para-hydroxylation sites is 1. The number of hydrogen-bond acceptors (Lipinski definition) is 4. The maximum absolute atomic E-state index is 11.6. The number of benzene rings is 2. The Morgan fingerprint density at radius 2 is 1.87 bits per heavy atom. The second-order valence-corrected chi connectivity index (χ2v) is 7.62. The third-order valence-corrected chi connectivity index (χ3v) is 5.40. The first-order valence-electron chi connectivity index (χ1n) is 10.5. The van der Waals surface area contributed by atoms with Gasteiger partial charge in [-0.1, -0.05) is 35.9 Å². The van der Waals surface area contributed by atoms with E-state index in [1.165, 1.54) is 0 Å². The summed E-state index contributed by atoms with van der Waals surface area (Å²) >= 11 is 6.35. The molecule has 0 saturated carbocycles. The average molecular weight is 444 g/mol. The minimum Gasteiger partial charge on any atom is -0.484 e. The number of hydrogen-bond donors (Lipinski definition) is 2. The second-order valence-electron chi connectivity index (χ2n) is 7.22. The van der Waals surface area contributed by atoms with Crippen molar-refractivity contribution in [1.82, 2.24) is 15.5 Å². The zero-order chi connectivity index (χ0) is 22.1. The van der Waals surface area contributed by atoms with E-state index in [1.807, 2.05) is 49.4 Å². The molecular weight excluding hydrogens is 414 g/mol. The Kier molecular flexibility index (Phi) is 8.41. The van der Waals surface area contributed by atoms with Crippen molar-refractivity contribution in [3.05, 3.63) is 59.1 Å². The first-order chi connectivity index (χ1) is 15.1. The number of carbonyl (C=O) groups is 1. The van der Waals surface area contributed by atoms with Gasteiger partial charge in [0.15, 0.2) is 12.6 Å². The molecule has 31 heavy (non-hydrogen) atoms. The number of likely N-dealkylation sites (N-methyl/N-ethyl adjacent to an activating group) is 1. The van der Waals surface area contributed by atoms with Crippen molar-refractivity contribution in [2.75, 3.05) is 51.3 Å². The quantitative estimate of drug-likeness (QED) is 0.508. The van der Waals surface area contributed by atoms with Crippen LogP contribution in [0.5, 0.6) is 5.75 Å². The molecule has 1 heterocycles. The topological polar surface area (TPSA) is 69.2 Å². The highest BCUT2D eigenvalue weighted by atomic mass is 35.5. The summed E-state index contributed by atoms with van der Waals surface area (Å²) in [5, 5.41) is 6.94. The van der Waals surface area contributed by atoms with Gasteiger partial charge in [-0.05, 0) is 36.8 Å². The first-order valence-corrected chi connectivity index (χ1v) is 10.9. The summed E-state index contributed by atoms with van der Waals surface area (Å²) in [7, 11) is 1.80. The fourth-order valence-electron chi connectivity index (χ4n) is 3.52. The highest BCUT2D eigenvalue weighted by Gasteiger charge is 2.21. The fraction of sp³-hybridized carbons (Fsp3) is 0.391. The van der Waals surface area contributed by atoms with Crippen LogP contribution >= 0.6 is 11.6 Å². The van der Waals surface area contributed by atoms with Crippen LogP contribution in [0, 0.1) is 0 Å². The molecular formula is C23H30ClN5O2. The number of nitrogens with one attached hydrogen (secondary N) is 2. The molecule has 0 atom stereocenters. The van der Waals surface area contributed by atoms with Crippen LogP contribution in [-0.2, 0) is 11.3 Å². The normalized spacial score (nSPS) is 14.4. The monoisotopic (exact) mass is 443 g/mol. The van der Waals surface area contributed by atoms with Gasteiger partial charge in [0.05, 0.1) is 10.7 Å². The molecule has 2 N–H and O–H groups in total. The number of nitrogens with zero attached hydrogens (tertiary/aromatic N) is 3. The predicted octanol–water partition coefficient (Wildman–Crippen LogP) is 2.75. The zero-order valence-electron chi connectivity index (χ0n) is 18.1. The zero-order valence-corrected chi connectivity index (χ0v) is 18.9. The lowest BCUT2D eigenvalue weighted by molar-refractivity contribution is -0.122. The molecule has 8 heteroatoms. The Morgan fingerprint density at radius 1 is 1.10 bits per heavy atom. The van der Waals surface area contributed by atoms with E-state index < -0.39 is 0 Å². The Balaban J connectivity index is 1.50. The SMILES string of the molecule is CCNC(=O)COc1cccc(CNC(=NC)N2CCN(c3ccccc3Cl)CC2)c1. The van der Waals surface area contributed by atoms with Gasteiger partial charge >= 0.3 is 0 Å². The molecule has 2 aromatic carbocycles. The van der Waals surface area contributed by atoms with Crippen LogP contribution in [0.2, 0.25) is 5.02 Å². The Bertz CT molecular complexity index is 897. The van der Waals surface area contributed by atoms with Gasteiger partial charge < -0.3 is 25.2 Å². The largest absolute Gasteiger partial charge is 0.484 e. The van der Waals surface area contributed by atoms with Gasteiger partial charge in [0.1, 0.15) is 5.75 Å². The van der Waals surface area contributed by atoms with Crippen LogP contribution in [0.25, 0.3) is 0 Å². The summed E-state index contributed by atoms with van der Waals surface area (Å²) in [5.74, 6) is 1.42. The lowest BCUT2D eigenvalue weighted by Gasteiger charge is -2.38. The van der Waals surface area contributed by atoms with Gasteiger partial charge in [-0.15, -0.1) is 0 Å². The number of carbonyl (C=O) groups excluding carboxylic acids is 1. The maximum atomic E-state index is 11.6. The van der Waals surface area contributed by atoms with Crippen LogP contribution in [0.15, 0.2) is 53.5 Å². The number of amides is 1. The van der Waals surface area contributed by atoms with Gasteiger partial charge in [0.2, 0.25) is 0 Å². The molecule has 1 aliphatic rings. The second kappa shape index (κ2) is 11.5. The molecule has 0 unspecified atom stereocenters. The number of ether oxygens (including phenoxy) is 1. The number of guanidine groups is 1. The van der Waals surface area contributed by atoms with Crippen molar-refractivity contribution in [2.24, 2.45) is 4.99 Å². The molecule has 1 fully saturated rings. The summed E-state index contributed by atoms with van der Waals surface area (Å²) in [6.07, 6.45) is 0. The van der Waals surface area contributed by atoms with E-state index >= 15 is 0 Å². The van der Waals surface area contributed by atoms with E-state index in [4.69, 9.17) is 16.3 Å². The van der Waals surface area contributed by atoms with E-state index in [-0.39, 0.29) is 12.5 Å². The first kappa shape index (κ1) is 22.7. The summed E-state index contributed by atoms with van der Waals surface area (Å²) in [6, 6.07) is 15.7. The van der Waals surface area contributed by atoms with Gasteiger partial charge in [0, 0.05) is 46.3 Å². The van der Waals surface area contributed by atoms with Crippen LogP contribution in [0.4, 0.5) is 5.69 Å². The minimum atomic E-state index is -0.123. The van der Waals surface area contributed by atoms with Crippen LogP contribution in [0.3, 0.4) is 0 Å². The predicted molar refractivity (Wildman–Crippen MR) is 126 cm³/mol. The molecule has 1 aliphatic heterocycles. The average Bonchev–Trinajstić information content (AvgIpc) is 2.79. The van der Waals surface area contributed by atoms with Gasteiger partial charge in [-0.25, -0.2) is 0 Å². The standard InChI is InChI=1S/C23H30ClN5O2/c1-3-26-22(30)17-31-19-8-6-7-18(15-19)16-27-23(25-2)29-13-11-28(12-14-29)21-10-5-4-9-20(21)24/h4-10,15H,3,11-14,16-17H2,1-2H3,(H,25,27)(H,26,30). The van der Waals surface area contributed by atoms with Crippen molar-refractivity contribution < 1.29 is 9.53 Å². The Hall–Kier alpha value is -2.93. The molecule has 0 spiro atoms. The fourth-order valence-corrected chi connectivity index (χ4v) is 3.78. The minimum absolute atomic E-state index is 0.0160. The van der Waals surface area contributed by atoms with Crippen LogP contribution in [0.1, 0.15) is 12.5 Å². The summed E-state index contributed by atoms with van der Waals surface area (Å²) in [4.78, 5) is 20.6. The Morgan fingerprint density at radius 3 is 2.58 bits per heavy atom. The molecule has 0 aromatic heterocycles. The van der Waals surface area contributed by atoms with Gasteiger partial charge in [-0.2, -0.15) is 0 Å². The van der Waals surface area contributed by atoms with Crippen molar-refractivity contribution in [3.8, 4) is 5.75 Å². The smallest absolute Gasteiger partial charge is 0.257 e. The lowest BCUT2D eigenvalue weighted by atomic mass is 10.2. The molecule has 7 nitrogen and oxygen atoms in total. The Labute approximate surface area is 189 Å².